The third-order valence-corrected chi connectivity index (χ3v) is 3.34. The standard InChI is InChI=1S/C12H17N3O3/c1-12(16,14-8-6-13-7-9-14)10-4-2-3-5-11(10)15(17)18/h2-5,13,16H,6-9H2,1H3. The molecule has 2 rings (SSSR count). The number of aliphatic hydroxyl groups is 1. The molecule has 0 spiro atoms. The smallest absolute Gasteiger partial charge is 0.276 e. The van der Waals surface area contributed by atoms with Crippen molar-refractivity contribution in [2.45, 2.75) is 12.6 Å². The Kier molecular flexibility index (Phi) is 3.60. The van der Waals surface area contributed by atoms with E-state index in [9.17, 15) is 15.2 Å². The van der Waals surface area contributed by atoms with E-state index in [4.69, 9.17) is 0 Å². The summed E-state index contributed by atoms with van der Waals surface area (Å²) in [5.74, 6) is 0. The zero-order valence-electron chi connectivity index (χ0n) is 10.3. The first-order valence-electron chi connectivity index (χ1n) is 5.95. The van der Waals surface area contributed by atoms with Gasteiger partial charge in [-0.1, -0.05) is 12.1 Å². The van der Waals surface area contributed by atoms with E-state index in [-0.39, 0.29) is 5.69 Å². The van der Waals surface area contributed by atoms with Crippen molar-refractivity contribution in [1.82, 2.24) is 10.2 Å². The minimum Gasteiger partial charge on any atom is -0.371 e. The normalized spacial score (nSPS) is 20.3. The number of hydrogen-bond donors (Lipinski definition) is 2. The summed E-state index contributed by atoms with van der Waals surface area (Å²) in [7, 11) is 0. The van der Waals surface area contributed by atoms with Gasteiger partial charge in [0.15, 0.2) is 0 Å². The Morgan fingerprint density at radius 3 is 2.61 bits per heavy atom. The number of nitro benzene ring substituents is 1. The van der Waals surface area contributed by atoms with Crippen LogP contribution in [-0.4, -0.2) is 41.1 Å². The molecule has 1 saturated heterocycles. The second kappa shape index (κ2) is 5.01. The summed E-state index contributed by atoms with van der Waals surface area (Å²) in [6.45, 7) is 4.49. The predicted molar refractivity (Wildman–Crippen MR) is 67.1 cm³/mol. The van der Waals surface area contributed by atoms with E-state index in [0.717, 1.165) is 13.1 Å². The molecule has 18 heavy (non-hydrogen) atoms. The van der Waals surface area contributed by atoms with Gasteiger partial charge in [0.05, 0.1) is 10.5 Å². The van der Waals surface area contributed by atoms with Gasteiger partial charge in [0, 0.05) is 32.2 Å². The summed E-state index contributed by atoms with van der Waals surface area (Å²) in [4.78, 5) is 12.4. The first kappa shape index (κ1) is 12.9. The fourth-order valence-corrected chi connectivity index (χ4v) is 2.30. The summed E-state index contributed by atoms with van der Waals surface area (Å²) in [6.07, 6.45) is 0. The van der Waals surface area contributed by atoms with Crippen LogP contribution in [0.1, 0.15) is 12.5 Å². The molecule has 0 amide bonds. The number of para-hydroxylation sites is 1. The lowest BCUT2D eigenvalue weighted by molar-refractivity contribution is -0.387. The van der Waals surface area contributed by atoms with E-state index in [0.29, 0.717) is 18.7 Å². The summed E-state index contributed by atoms with van der Waals surface area (Å²) in [5, 5.41) is 24.8. The van der Waals surface area contributed by atoms with Crippen molar-refractivity contribution in [3.8, 4) is 0 Å². The molecule has 1 aromatic rings. The van der Waals surface area contributed by atoms with E-state index in [2.05, 4.69) is 5.32 Å². The van der Waals surface area contributed by atoms with Crippen LogP contribution in [0.4, 0.5) is 5.69 Å². The van der Waals surface area contributed by atoms with Gasteiger partial charge in [-0.25, -0.2) is 0 Å². The molecule has 2 N–H and O–H groups in total. The van der Waals surface area contributed by atoms with Crippen molar-refractivity contribution >= 4 is 5.69 Å². The molecule has 1 aromatic carbocycles. The predicted octanol–water partition coefficient (Wildman–Crippen LogP) is 0.665. The summed E-state index contributed by atoms with van der Waals surface area (Å²) < 4.78 is 0. The van der Waals surface area contributed by atoms with E-state index in [1.807, 2.05) is 4.90 Å². The molecule has 1 unspecified atom stereocenters. The molecule has 6 heteroatoms. The first-order valence-corrected chi connectivity index (χ1v) is 5.95. The summed E-state index contributed by atoms with van der Waals surface area (Å²) in [6, 6.07) is 6.35. The molecule has 98 valence electrons. The highest BCUT2D eigenvalue weighted by Gasteiger charge is 2.36. The van der Waals surface area contributed by atoms with Gasteiger partial charge in [-0.2, -0.15) is 0 Å². The van der Waals surface area contributed by atoms with Crippen LogP contribution in [0.25, 0.3) is 0 Å². The number of nitrogens with zero attached hydrogens (tertiary/aromatic N) is 2. The molecular weight excluding hydrogens is 234 g/mol. The van der Waals surface area contributed by atoms with Gasteiger partial charge in [0.25, 0.3) is 5.69 Å². The molecule has 1 fully saturated rings. The maximum absolute atomic E-state index is 11.0. The van der Waals surface area contributed by atoms with Crippen molar-refractivity contribution in [3.05, 3.63) is 39.9 Å². The maximum Gasteiger partial charge on any atom is 0.276 e. The average Bonchev–Trinajstić information content (AvgIpc) is 2.39. The van der Waals surface area contributed by atoms with Crippen molar-refractivity contribution in [3.63, 3.8) is 0 Å². The monoisotopic (exact) mass is 251 g/mol. The Bertz CT molecular complexity index is 442. The van der Waals surface area contributed by atoms with Crippen LogP contribution >= 0.6 is 0 Å². The minimum atomic E-state index is -1.31. The van der Waals surface area contributed by atoms with Crippen LogP contribution in [0.3, 0.4) is 0 Å². The van der Waals surface area contributed by atoms with E-state index in [1.54, 1.807) is 25.1 Å². The van der Waals surface area contributed by atoms with E-state index < -0.39 is 10.6 Å². The Hall–Kier alpha value is -1.50. The molecule has 1 aliphatic heterocycles. The number of rotatable bonds is 3. The van der Waals surface area contributed by atoms with Crippen molar-refractivity contribution < 1.29 is 10.0 Å². The zero-order chi connectivity index (χ0) is 13.2. The van der Waals surface area contributed by atoms with Crippen molar-refractivity contribution in [1.29, 1.82) is 0 Å². The Balaban J connectivity index is 2.36. The Labute approximate surface area is 105 Å². The number of piperazine rings is 1. The van der Waals surface area contributed by atoms with Gasteiger partial charge in [0.1, 0.15) is 5.72 Å². The van der Waals surface area contributed by atoms with Crippen LogP contribution < -0.4 is 5.32 Å². The fourth-order valence-electron chi connectivity index (χ4n) is 2.30. The topological polar surface area (TPSA) is 78.6 Å². The number of benzene rings is 1. The first-order chi connectivity index (χ1) is 8.53. The van der Waals surface area contributed by atoms with E-state index in [1.165, 1.54) is 6.07 Å². The van der Waals surface area contributed by atoms with Crippen molar-refractivity contribution in [2.24, 2.45) is 0 Å². The van der Waals surface area contributed by atoms with E-state index >= 15 is 0 Å². The Morgan fingerprint density at radius 2 is 2.00 bits per heavy atom. The fraction of sp³-hybridized carbons (Fsp3) is 0.500. The van der Waals surface area contributed by atoms with Gasteiger partial charge in [-0.3, -0.25) is 15.0 Å². The number of nitro groups is 1. The number of hydrogen-bond acceptors (Lipinski definition) is 5. The van der Waals surface area contributed by atoms with Gasteiger partial charge in [-0.15, -0.1) is 0 Å². The number of nitrogens with one attached hydrogen (secondary N) is 1. The maximum atomic E-state index is 11.0. The minimum absolute atomic E-state index is 0.0407. The molecule has 0 aliphatic carbocycles. The molecule has 0 saturated carbocycles. The second-order valence-corrected chi connectivity index (χ2v) is 4.53. The average molecular weight is 251 g/mol. The highest BCUT2D eigenvalue weighted by Crippen LogP contribution is 2.32. The molecule has 0 bridgehead atoms. The molecule has 6 nitrogen and oxygen atoms in total. The summed E-state index contributed by atoms with van der Waals surface area (Å²) in [5.41, 5.74) is -1.01. The van der Waals surface area contributed by atoms with Gasteiger partial charge in [0.2, 0.25) is 0 Å². The Morgan fingerprint density at radius 1 is 1.39 bits per heavy atom. The van der Waals surface area contributed by atoms with Crippen LogP contribution in [-0.2, 0) is 5.72 Å². The second-order valence-electron chi connectivity index (χ2n) is 4.53. The third-order valence-electron chi connectivity index (χ3n) is 3.34. The van der Waals surface area contributed by atoms with Gasteiger partial charge in [-0.05, 0) is 13.0 Å². The molecule has 0 radical (unpaired) electrons. The lowest BCUT2D eigenvalue weighted by Gasteiger charge is -2.39. The van der Waals surface area contributed by atoms with Crippen LogP contribution in [0.2, 0.25) is 0 Å². The van der Waals surface area contributed by atoms with Crippen LogP contribution in [0.5, 0.6) is 0 Å². The molecule has 0 aromatic heterocycles. The van der Waals surface area contributed by atoms with Gasteiger partial charge < -0.3 is 10.4 Å². The summed E-state index contributed by atoms with van der Waals surface area (Å²) >= 11 is 0. The quantitative estimate of drug-likeness (QED) is 0.609. The van der Waals surface area contributed by atoms with Gasteiger partial charge >= 0.3 is 0 Å². The highest BCUT2D eigenvalue weighted by atomic mass is 16.6. The highest BCUT2D eigenvalue weighted by molar-refractivity contribution is 5.43. The van der Waals surface area contributed by atoms with Crippen LogP contribution in [0, 0.1) is 10.1 Å². The largest absolute Gasteiger partial charge is 0.371 e. The zero-order valence-corrected chi connectivity index (χ0v) is 10.3. The SMILES string of the molecule is CC(O)(c1ccccc1[N+](=O)[O-])N1CCNCC1. The molecule has 1 heterocycles. The molecular formula is C12H17N3O3. The lowest BCUT2D eigenvalue weighted by Crippen LogP contribution is -2.53. The lowest BCUT2D eigenvalue weighted by atomic mass is 10.00. The molecule has 1 aliphatic rings. The van der Waals surface area contributed by atoms with Crippen LogP contribution in [0.15, 0.2) is 24.3 Å². The third kappa shape index (κ3) is 2.35. The van der Waals surface area contributed by atoms with Crippen molar-refractivity contribution in [2.75, 3.05) is 26.2 Å². The molecule has 1 atom stereocenters.